The van der Waals surface area contributed by atoms with E-state index in [2.05, 4.69) is 31.1 Å². The first-order valence-corrected chi connectivity index (χ1v) is 6.36. The lowest BCUT2D eigenvalue weighted by molar-refractivity contribution is 0.0540. The second kappa shape index (κ2) is 5.08. The summed E-state index contributed by atoms with van der Waals surface area (Å²) in [5, 5.41) is 13.1. The van der Waals surface area contributed by atoms with Gasteiger partial charge in [0.15, 0.2) is 0 Å². The molecule has 3 heteroatoms. The monoisotopic (exact) mass is 227 g/mol. The third-order valence-electron chi connectivity index (χ3n) is 2.53. The van der Waals surface area contributed by atoms with Crippen LogP contribution in [0.4, 0.5) is 0 Å². The van der Waals surface area contributed by atoms with Crippen molar-refractivity contribution in [1.29, 1.82) is 0 Å². The summed E-state index contributed by atoms with van der Waals surface area (Å²) in [6.45, 7) is 8.24. The summed E-state index contributed by atoms with van der Waals surface area (Å²) in [6.07, 6.45) is 2.66. The molecule has 0 bridgehead atoms. The topological polar surface area (TPSA) is 33.1 Å². The molecule has 1 rings (SSSR count). The maximum Gasteiger partial charge on any atom is 0.0928 e. The minimum atomic E-state index is -0.210. The maximum atomic E-state index is 9.85. The molecule has 1 heterocycles. The first-order chi connectivity index (χ1) is 6.89. The Morgan fingerprint density at radius 1 is 1.47 bits per heavy atom. The fourth-order valence-corrected chi connectivity index (χ4v) is 2.22. The first-order valence-electron chi connectivity index (χ1n) is 5.48. The second-order valence-corrected chi connectivity index (χ2v) is 6.10. The molecule has 0 aliphatic heterocycles. The van der Waals surface area contributed by atoms with Crippen LogP contribution in [0.2, 0.25) is 0 Å². The number of hydrogen-bond donors (Lipinski definition) is 1. The molecule has 0 aromatic carbocycles. The molecule has 1 aromatic rings. The Labute approximate surface area is 96.4 Å². The van der Waals surface area contributed by atoms with Crippen molar-refractivity contribution in [1.82, 2.24) is 4.98 Å². The molecule has 1 unspecified atom stereocenters. The Morgan fingerprint density at radius 3 is 2.60 bits per heavy atom. The highest BCUT2D eigenvalue weighted by Crippen LogP contribution is 2.23. The smallest absolute Gasteiger partial charge is 0.0928 e. The highest BCUT2D eigenvalue weighted by atomic mass is 32.1. The highest BCUT2D eigenvalue weighted by Gasteiger charge is 2.21. The molecular formula is C12H21NOS. The zero-order valence-electron chi connectivity index (χ0n) is 10.1. The number of aryl methyl sites for hydroxylation is 2. The van der Waals surface area contributed by atoms with E-state index in [0.717, 1.165) is 25.0 Å². The molecule has 0 aliphatic rings. The van der Waals surface area contributed by atoms with Gasteiger partial charge in [-0.3, -0.25) is 0 Å². The molecule has 0 aliphatic carbocycles. The van der Waals surface area contributed by atoms with Crippen LogP contribution in [0.5, 0.6) is 0 Å². The van der Waals surface area contributed by atoms with Gasteiger partial charge in [-0.15, -0.1) is 11.3 Å². The molecule has 15 heavy (non-hydrogen) atoms. The number of thiazole rings is 1. The summed E-state index contributed by atoms with van der Waals surface area (Å²) in [4.78, 5) is 4.41. The third-order valence-corrected chi connectivity index (χ3v) is 3.56. The van der Waals surface area contributed by atoms with E-state index in [0.29, 0.717) is 0 Å². The molecule has 0 saturated heterocycles. The van der Waals surface area contributed by atoms with E-state index in [1.165, 1.54) is 5.01 Å². The van der Waals surface area contributed by atoms with Crippen molar-refractivity contribution in [3.8, 4) is 0 Å². The lowest BCUT2D eigenvalue weighted by Crippen LogP contribution is -2.25. The van der Waals surface area contributed by atoms with Crippen molar-refractivity contribution >= 4 is 11.3 Å². The van der Waals surface area contributed by atoms with Crippen molar-refractivity contribution in [3.05, 3.63) is 16.1 Å². The number of nitrogens with zero attached hydrogens (tertiary/aromatic N) is 1. The number of aliphatic hydroxyl groups is 1. The zero-order valence-corrected chi connectivity index (χ0v) is 10.9. The highest BCUT2D eigenvalue weighted by molar-refractivity contribution is 7.09. The summed E-state index contributed by atoms with van der Waals surface area (Å²) in [7, 11) is 0. The van der Waals surface area contributed by atoms with Crippen LogP contribution in [-0.2, 0) is 6.42 Å². The molecule has 0 spiro atoms. The number of aliphatic hydroxyl groups excluding tert-OH is 1. The normalized spacial score (nSPS) is 14.2. The number of rotatable bonds is 4. The van der Waals surface area contributed by atoms with E-state index < -0.39 is 0 Å². The van der Waals surface area contributed by atoms with Gasteiger partial charge >= 0.3 is 0 Å². The van der Waals surface area contributed by atoms with E-state index in [1.54, 1.807) is 11.3 Å². The van der Waals surface area contributed by atoms with Crippen LogP contribution >= 0.6 is 11.3 Å². The number of hydrogen-bond acceptors (Lipinski definition) is 3. The fraction of sp³-hybridized carbons (Fsp3) is 0.750. The van der Waals surface area contributed by atoms with Crippen LogP contribution in [0.1, 0.15) is 44.3 Å². The van der Waals surface area contributed by atoms with Gasteiger partial charge in [0.2, 0.25) is 0 Å². The molecule has 1 N–H and O–H groups in total. The average Bonchev–Trinajstić information content (AvgIpc) is 2.49. The lowest BCUT2D eigenvalue weighted by atomic mass is 9.86. The Bertz CT molecular complexity index is 301. The van der Waals surface area contributed by atoms with Gasteiger partial charge in [-0.25, -0.2) is 4.98 Å². The molecule has 0 radical (unpaired) electrons. The van der Waals surface area contributed by atoms with Gasteiger partial charge in [0.25, 0.3) is 0 Å². The summed E-state index contributed by atoms with van der Waals surface area (Å²) in [5.41, 5.74) is 1.10. The van der Waals surface area contributed by atoms with E-state index in [9.17, 15) is 5.11 Å². The van der Waals surface area contributed by atoms with Gasteiger partial charge in [-0.1, -0.05) is 20.8 Å². The fourth-order valence-electron chi connectivity index (χ4n) is 1.40. The molecule has 0 saturated carbocycles. The van der Waals surface area contributed by atoms with E-state index in [1.807, 2.05) is 6.92 Å². The van der Waals surface area contributed by atoms with Crippen molar-refractivity contribution < 1.29 is 5.11 Å². The van der Waals surface area contributed by atoms with Crippen LogP contribution in [0.25, 0.3) is 0 Å². The molecule has 0 fully saturated rings. The Kier molecular flexibility index (Phi) is 4.29. The van der Waals surface area contributed by atoms with Gasteiger partial charge in [0.1, 0.15) is 0 Å². The Hall–Kier alpha value is -0.410. The van der Waals surface area contributed by atoms with Gasteiger partial charge < -0.3 is 5.11 Å². The summed E-state index contributed by atoms with van der Waals surface area (Å²) in [6, 6.07) is 0. The SMILES string of the molecule is Cc1csc(CCCC(O)C(C)(C)C)n1. The second-order valence-electron chi connectivity index (χ2n) is 5.16. The Morgan fingerprint density at radius 2 is 2.13 bits per heavy atom. The maximum absolute atomic E-state index is 9.85. The van der Waals surface area contributed by atoms with Gasteiger partial charge in [-0.05, 0) is 31.6 Å². The number of aromatic nitrogens is 1. The van der Waals surface area contributed by atoms with Gasteiger partial charge in [0.05, 0.1) is 11.1 Å². The largest absolute Gasteiger partial charge is 0.393 e. The quantitative estimate of drug-likeness (QED) is 0.857. The molecule has 1 aromatic heterocycles. The van der Waals surface area contributed by atoms with Gasteiger partial charge in [0, 0.05) is 11.1 Å². The van der Waals surface area contributed by atoms with E-state index >= 15 is 0 Å². The lowest BCUT2D eigenvalue weighted by Gasteiger charge is -2.25. The van der Waals surface area contributed by atoms with Crippen LogP contribution in [0.15, 0.2) is 5.38 Å². The van der Waals surface area contributed by atoms with Crippen molar-refractivity contribution in [3.63, 3.8) is 0 Å². The first kappa shape index (κ1) is 12.7. The molecule has 1 atom stereocenters. The van der Waals surface area contributed by atoms with Crippen molar-refractivity contribution in [2.24, 2.45) is 5.41 Å². The molecule has 2 nitrogen and oxygen atoms in total. The summed E-state index contributed by atoms with van der Waals surface area (Å²) in [5.74, 6) is 0. The molecule has 0 amide bonds. The van der Waals surface area contributed by atoms with Crippen molar-refractivity contribution in [2.45, 2.75) is 53.1 Å². The van der Waals surface area contributed by atoms with E-state index in [4.69, 9.17) is 0 Å². The Balaban J connectivity index is 2.28. The van der Waals surface area contributed by atoms with Crippen LogP contribution in [-0.4, -0.2) is 16.2 Å². The van der Waals surface area contributed by atoms with Crippen LogP contribution in [0.3, 0.4) is 0 Å². The van der Waals surface area contributed by atoms with E-state index in [-0.39, 0.29) is 11.5 Å². The molecule has 86 valence electrons. The predicted molar refractivity (Wildman–Crippen MR) is 65.3 cm³/mol. The van der Waals surface area contributed by atoms with Crippen LogP contribution in [0, 0.1) is 12.3 Å². The van der Waals surface area contributed by atoms with Crippen molar-refractivity contribution in [2.75, 3.05) is 0 Å². The summed E-state index contributed by atoms with van der Waals surface area (Å²) < 4.78 is 0. The predicted octanol–water partition coefficient (Wildman–Crippen LogP) is 3.18. The van der Waals surface area contributed by atoms with Crippen LogP contribution < -0.4 is 0 Å². The zero-order chi connectivity index (χ0) is 11.5. The minimum Gasteiger partial charge on any atom is -0.393 e. The minimum absolute atomic E-state index is 0.00120. The van der Waals surface area contributed by atoms with Gasteiger partial charge in [-0.2, -0.15) is 0 Å². The molecular weight excluding hydrogens is 206 g/mol. The third kappa shape index (κ3) is 4.31. The average molecular weight is 227 g/mol. The summed E-state index contributed by atoms with van der Waals surface area (Å²) >= 11 is 1.72. The standard InChI is InChI=1S/C12H21NOS/c1-9-8-15-11(13-9)7-5-6-10(14)12(2,3)4/h8,10,14H,5-7H2,1-4H3.